The van der Waals surface area contributed by atoms with Gasteiger partial charge in [0.05, 0.1) is 23.4 Å². The summed E-state index contributed by atoms with van der Waals surface area (Å²) in [4.78, 5) is 6.71. The van der Waals surface area contributed by atoms with Crippen LogP contribution in [0.3, 0.4) is 0 Å². The Labute approximate surface area is 179 Å². The Kier molecular flexibility index (Phi) is 5.03. The van der Waals surface area contributed by atoms with Crippen molar-refractivity contribution >= 4 is 28.3 Å². The van der Waals surface area contributed by atoms with E-state index >= 15 is 0 Å². The molecule has 0 unspecified atom stereocenters. The summed E-state index contributed by atoms with van der Waals surface area (Å²) in [6, 6.07) is 16.7. The molecule has 30 heavy (non-hydrogen) atoms. The molecule has 1 saturated heterocycles. The molecular formula is C24H24N2O3S. The number of ether oxygens (including phenoxy) is 1. The van der Waals surface area contributed by atoms with Crippen LogP contribution in [0.2, 0.25) is 0 Å². The SMILES string of the molecule is Cc1cc2nc(CO)cn2c2cc(Sc3cccc(C4(O)CCOCC4)c3)ccc12. The molecule has 2 N–H and O–H groups in total. The molecule has 2 aromatic carbocycles. The van der Waals surface area contributed by atoms with E-state index in [2.05, 4.69) is 42.2 Å². The first-order valence-corrected chi connectivity index (χ1v) is 11.0. The number of aliphatic hydroxyl groups is 2. The third kappa shape index (κ3) is 3.50. The van der Waals surface area contributed by atoms with Gasteiger partial charge in [-0.25, -0.2) is 4.98 Å². The Morgan fingerprint density at radius 1 is 1.10 bits per heavy atom. The second kappa shape index (κ2) is 7.71. The standard InChI is InChI=1S/C24H24N2O3S/c1-16-11-23-25-18(15-27)14-26(23)22-13-20(5-6-21(16)22)30-19-4-2-3-17(12-19)24(28)7-9-29-10-8-24/h2-6,11-14,27-28H,7-10,15H2,1H3. The fourth-order valence-corrected chi connectivity index (χ4v) is 5.09. The van der Waals surface area contributed by atoms with Gasteiger partial charge in [0.15, 0.2) is 0 Å². The fourth-order valence-electron chi connectivity index (χ4n) is 4.18. The third-order valence-corrected chi connectivity index (χ3v) is 6.85. The molecule has 5 rings (SSSR count). The molecule has 0 radical (unpaired) electrons. The number of rotatable bonds is 4. The molecule has 1 fully saturated rings. The number of hydrogen-bond acceptors (Lipinski definition) is 5. The van der Waals surface area contributed by atoms with Crippen molar-refractivity contribution in [3.8, 4) is 0 Å². The average molecular weight is 421 g/mol. The normalized spacial score (nSPS) is 16.4. The maximum absolute atomic E-state index is 11.0. The second-order valence-electron chi connectivity index (χ2n) is 7.90. The molecule has 0 spiro atoms. The molecule has 0 aliphatic carbocycles. The Balaban J connectivity index is 1.52. The van der Waals surface area contributed by atoms with E-state index in [9.17, 15) is 10.2 Å². The zero-order valence-electron chi connectivity index (χ0n) is 16.8. The van der Waals surface area contributed by atoms with Gasteiger partial charge in [-0.3, -0.25) is 4.40 Å². The summed E-state index contributed by atoms with van der Waals surface area (Å²) in [7, 11) is 0. The summed E-state index contributed by atoms with van der Waals surface area (Å²) in [5, 5.41) is 21.7. The van der Waals surface area contributed by atoms with E-state index in [0.717, 1.165) is 32.1 Å². The van der Waals surface area contributed by atoms with Crippen molar-refractivity contribution < 1.29 is 14.9 Å². The summed E-state index contributed by atoms with van der Waals surface area (Å²) < 4.78 is 7.46. The molecule has 4 aromatic rings. The van der Waals surface area contributed by atoms with Crippen molar-refractivity contribution in [2.75, 3.05) is 13.2 Å². The Hall–Kier alpha value is -2.38. The second-order valence-corrected chi connectivity index (χ2v) is 9.05. The van der Waals surface area contributed by atoms with Gasteiger partial charge in [0.2, 0.25) is 0 Å². The van der Waals surface area contributed by atoms with E-state index in [-0.39, 0.29) is 6.61 Å². The largest absolute Gasteiger partial charge is 0.390 e. The molecule has 2 aromatic heterocycles. The smallest absolute Gasteiger partial charge is 0.137 e. The molecule has 0 amide bonds. The topological polar surface area (TPSA) is 67.0 Å². The van der Waals surface area contributed by atoms with E-state index in [1.54, 1.807) is 11.8 Å². The van der Waals surface area contributed by atoms with Crippen LogP contribution >= 0.6 is 11.8 Å². The highest BCUT2D eigenvalue weighted by atomic mass is 32.2. The average Bonchev–Trinajstić information content (AvgIpc) is 3.18. The number of hydrogen-bond donors (Lipinski definition) is 2. The van der Waals surface area contributed by atoms with Crippen LogP contribution < -0.4 is 0 Å². The first-order chi connectivity index (χ1) is 14.6. The van der Waals surface area contributed by atoms with Gasteiger partial charge in [-0.05, 0) is 48.4 Å². The molecule has 6 heteroatoms. The number of imidazole rings is 1. The summed E-state index contributed by atoms with van der Waals surface area (Å²) in [5.74, 6) is 0. The molecule has 0 saturated carbocycles. The summed E-state index contributed by atoms with van der Waals surface area (Å²) in [5.41, 5.74) is 3.89. The zero-order chi connectivity index (χ0) is 20.7. The number of fused-ring (bicyclic) bond motifs is 3. The lowest BCUT2D eigenvalue weighted by Gasteiger charge is -2.32. The number of aromatic nitrogens is 2. The minimum Gasteiger partial charge on any atom is -0.390 e. The number of aryl methyl sites for hydroxylation is 1. The summed E-state index contributed by atoms with van der Waals surface area (Å²) in [6.45, 7) is 3.20. The Morgan fingerprint density at radius 2 is 1.90 bits per heavy atom. The van der Waals surface area contributed by atoms with E-state index in [4.69, 9.17) is 4.74 Å². The molecule has 5 nitrogen and oxygen atoms in total. The van der Waals surface area contributed by atoms with E-state index in [1.165, 1.54) is 5.39 Å². The van der Waals surface area contributed by atoms with Gasteiger partial charge in [0, 0.05) is 47.4 Å². The molecule has 154 valence electrons. The van der Waals surface area contributed by atoms with Gasteiger partial charge in [0.25, 0.3) is 0 Å². The number of aliphatic hydroxyl groups excluding tert-OH is 1. The third-order valence-electron chi connectivity index (χ3n) is 5.87. The molecule has 3 heterocycles. The van der Waals surface area contributed by atoms with Gasteiger partial charge in [-0.2, -0.15) is 0 Å². The highest BCUT2D eigenvalue weighted by Gasteiger charge is 2.31. The minimum atomic E-state index is -0.807. The lowest BCUT2D eigenvalue weighted by Crippen LogP contribution is -2.33. The van der Waals surface area contributed by atoms with Crippen LogP contribution in [-0.4, -0.2) is 32.8 Å². The number of benzene rings is 2. The Morgan fingerprint density at radius 3 is 2.70 bits per heavy atom. The van der Waals surface area contributed by atoms with Gasteiger partial charge in [-0.15, -0.1) is 0 Å². The lowest BCUT2D eigenvalue weighted by atomic mass is 9.87. The van der Waals surface area contributed by atoms with Crippen LogP contribution in [0.5, 0.6) is 0 Å². The number of nitrogens with zero attached hydrogens (tertiary/aromatic N) is 2. The van der Waals surface area contributed by atoms with Gasteiger partial charge >= 0.3 is 0 Å². The summed E-state index contributed by atoms with van der Waals surface area (Å²) >= 11 is 1.68. The molecule has 0 bridgehead atoms. The maximum atomic E-state index is 11.0. The zero-order valence-corrected chi connectivity index (χ0v) is 17.7. The quantitative estimate of drug-likeness (QED) is 0.511. The molecule has 1 aliphatic rings. The highest BCUT2D eigenvalue weighted by Crippen LogP contribution is 2.36. The van der Waals surface area contributed by atoms with Crippen LogP contribution in [0.25, 0.3) is 16.6 Å². The highest BCUT2D eigenvalue weighted by molar-refractivity contribution is 7.99. The first-order valence-electron chi connectivity index (χ1n) is 10.2. The van der Waals surface area contributed by atoms with E-state index in [1.807, 2.05) is 28.8 Å². The van der Waals surface area contributed by atoms with Crippen molar-refractivity contribution in [1.29, 1.82) is 0 Å². The number of pyridine rings is 1. The van der Waals surface area contributed by atoms with Crippen molar-refractivity contribution in [3.63, 3.8) is 0 Å². The maximum Gasteiger partial charge on any atom is 0.137 e. The summed E-state index contributed by atoms with van der Waals surface area (Å²) in [6.07, 6.45) is 3.15. The van der Waals surface area contributed by atoms with Crippen LogP contribution in [0, 0.1) is 6.92 Å². The molecule has 1 aliphatic heterocycles. The van der Waals surface area contributed by atoms with Crippen LogP contribution in [-0.2, 0) is 16.9 Å². The van der Waals surface area contributed by atoms with Crippen LogP contribution in [0.15, 0.2) is 64.5 Å². The molecule has 0 atom stereocenters. The van der Waals surface area contributed by atoms with Crippen LogP contribution in [0.4, 0.5) is 0 Å². The van der Waals surface area contributed by atoms with Gasteiger partial charge < -0.3 is 14.9 Å². The first kappa shape index (κ1) is 19.6. The predicted octanol–water partition coefficient (Wildman–Crippen LogP) is 4.44. The lowest BCUT2D eigenvalue weighted by molar-refractivity contribution is -0.0680. The predicted molar refractivity (Wildman–Crippen MR) is 118 cm³/mol. The van der Waals surface area contributed by atoms with Crippen LogP contribution in [0.1, 0.15) is 29.7 Å². The van der Waals surface area contributed by atoms with Crippen molar-refractivity contribution in [3.05, 3.63) is 71.5 Å². The Bertz CT molecular complexity index is 1230. The van der Waals surface area contributed by atoms with Gasteiger partial charge in [0.1, 0.15) is 5.65 Å². The van der Waals surface area contributed by atoms with E-state index < -0.39 is 5.60 Å². The van der Waals surface area contributed by atoms with Crippen molar-refractivity contribution in [2.45, 2.75) is 41.8 Å². The monoisotopic (exact) mass is 420 g/mol. The van der Waals surface area contributed by atoms with Crippen molar-refractivity contribution in [2.24, 2.45) is 0 Å². The fraction of sp³-hybridized carbons (Fsp3) is 0.292. The van der Waals surface area contributed by atoms with Gasteiger partial charge in [-0.1, -0.05) is 30.0 Å². The van der Waals surface area contributed by atoms with Crippen molar-refractivity contribution in [1.82, 2.24) is 9.38 Å². The molecular weight excluding hydrogens is 396 g/mol. The minimum absolute atomic E-state index is 0.0720. The van der Waals surface area contributed by atoms with E-state index in [0.29, 0.717) is 31.7 Å².